The van der Waals surface area contributed by atoms with Crippen molar-refractivity contribution in [1.82, 2.24) is 0 Å². The third kappa shape index (κ3) is 10.7. The summed E-state index contributed by atoms with van der Waals surface area (Å²) in [7, 11) is 0. The van der Waals surface area contributed by atoms with Crippen LogP contribution in [0.5, 0.6) is 0 Å². The van der Waals surface area contributed by atoms with Crippen molar-refractivity contribution in [3.63, 3.8) is 0 Å². The summed E-state index contributed by atoms with van der Waals surface area (Å²) in [5, 5.41) is 0. The Kier molecular flexibility index (Phi) is 4.81. The average Bonchev–Trinajstić information content (AvgIpc) is 1.35. The van der Waals surface area contributed by atoms with Gasteiger partial charge in [0.05, 0.1) is 0 Å². The van der Waals surface area contributed by atoms with E-state index in [1.807, 2.05) is 20.8 Å². The normalized spacial score (nSPS) is 8.86. The van der Waals surface area contributed by atoms with Crippen LogP contribution in [0.2, 0.25) is 0 Å². The van der Waals surface area contributed by atoms with Crippen molar-refractivity contribution in [3.05, 3.63) is 6.42 Å². The molecule has 0 atom stereocenters. The van der Waals surface area contributed by atoms with Crippen molar-refractivity contribution >= 4 is 0 Å². The molecule has 0 unspecified atom stereocenters. The first-order chi connectivity index (χ1) is 2.56. The molecule has 0 bridgehead atoms. The first-order valence-corrected chi connectivity index (χ1v) is 2.00. The zero-order valence-electron chi connectivity index (χ0n) is 4.91. The van der Waals surface area contributed by atoms with Crippen LogP contribution in [0.25, 0.3) is 0 Å². The van der Waals surface area contributed by atoms with E-state index in [0.717, 1.165) is 0 Å². The summed E-state index contributed by atoms with van der Waals surface area (Å²) in [4.78, 5) is 0. The number of hydrogen-bond donors (Lipinski definition) is 0. The second kappa shape index (κ2) is 3.28. The Morgan fingerprint density at radius 1 is 1.29 bits per heavy atom. The Labute approximate surface area is 60.0 Å². The third-order valence-corrected chi connectivity index (χ3v) is 0.375. The van der Waals surface area contributed by atoms with Crippen LogP contribution in [0.15, 0.2) is 0 Å². The largest absolute Gasteiger partial charge is 0.693 e. The second-order valence-electron chi connectivity index (χ2n) is 2.38. The van der Waals surface area contributed by atoms with Crippen molar-refractivity contribution in [3.8, 4) is 5.92 Å². The van der Waals surface area contributed by atoms with Gasteiger partial charge in [-0.15, -0.1) is 0 Å². The Balaban J connectivity index is 0. The molecule has 0 rings (SSSR count). The van der Waals surface area contributed by atoms with Crippen LogP contribution in [-0.2, 0) is 21.1 Å². The van der Waals surface area contributed by atoms with Crippen LogP contribution in [0.3, 0.4) is 0 Å². The maximum absolute atomic E-state index is 6.60. The van der Waals surface area contributed by atoms with Gasteiger partial charge in [-0.25, -0.2) is 0 Å². The Morgan fingerprint density at radius 2 is 1.43 bits per heavy atom. The van der Waals surface area contributed by atoms with Crippen LogP contribution < -0.4 is 0 Å². The molecular formula is C6H9W-. The van der Waals surface area contributed by atoms with Gasteiger partial charge in [-0.1, -0.05) is 20.8 Å². The summed E-state index contributed by atoms with van der Waals surface area (Å²) < 4.78 is 0. The van der Waals surface area contributed by atoms with Gasteiger partial charge >= 0.3 is 0 Å². The van der Waals surface area contributed by atoms with Crippen molar-refractivity contribution < 1.29 is 21.1 Å². The van der Waals surface area contributed by atoms with Gasteiger partial charge in [0, 0.05) is 21.1 Å². The standard InChI is InChI=1S/C6H9.W/c1-5-6(2,3)4;/h2-4H3;/q-1;. The number of hydrogen-bond acceptors (Lipinski definition) is 0. The molecule has 0 amide bonds. The Morgan fingerprint density at radius 3 is 1.43 bits per heavy atom. The summed E-state index contributed by atoms with van der Waals surface area (Å²) >= 11 is 0. The summed E-state index contributed by atoms with van der Waals surface area (Å²) in [6.07, 6.45) is 6.60. The minimum Gasteiger partial charge on any atom is -0.693 e. The van der Waals surface area contributed by atoms with E-state index >= 15 is 0 Å². The van der Waals surface area contributed by atoms with Crippen LogP contribution in [-0.4, -0.2) is 0 Å². The molecule has 0 aromatic rings. The molecule has 0 aromatic carbocycles. The Bertz CT molecular complexity index is 71.2. The van der Waals surface area contributed by atoms with E-state index in [-0.39, 0.29) is 26.5 Å². The van der Waals surface area contributed by atoms with Gasteiger partial charge in [0.15, 0.2) is 0 Å². The van der Waals surface area contributed by atoms with Crippen LogP contribution in [0, 0.1) is 17.8 Å². The summed E-state index contributed by atoms with van der Waals surface area (Å²) in [5.41, 5.74) is -0.0417. The van der Waals surface area contributed by atoms with E-state index in [1.54, 1.807) is 0 Å². The molecule has 0 fully saturated rings. The van der Waals surface area contributed by atoms with Crippen molar-refractivity contribution in [2.45, 2.75) is 20.8 Å². The minimum atomic E-state index is -0.0417. The van der Waals surface area contributed by atoms with E-state index in [2.05, 4.69) is 5.92 Å². The van der Waals surface area contributed by atoms with Gasteiger partial charge < -0.3 is 12.3 Å². The smallest absolute Gasteiger partial charge is 0 e. The zero-order chi connectivity index (χ0) is 5.21. The van der Waals surface area contributed by atoms with Crippen molar-refractivity contribution in [1.29, 1.82) is 0 Å². The van der Waals surface area contributed by atoms with E-state index < -0.39 is 0 Å². The fraction of sp³-hybridized carbons (Fsp3) is 0.667. The molecule has 0 saturated heterocycles. The average molecular weight is 265 g/mol. The molecule has 0 aliphatic rings. The monoisotopic (exact) mass is 265 g/mol. The van der Waals surface area contributed by atoms with Gasteiger partial charge in [-0.2, -0.15) is 0 Å². The van der Waals surface area contributed by atoms with E-state index in [4.69, 9.17) is 6.42 Å². The molecule has 0 saturated carbocycles. The van der Waals surface area contributed by atoms with Crippen LogP contribution >= 0.6 is 0 Å². The molecule has 0 aliphatic carbocycles. The van der Waals surface area contributed by atoms with Gasteiger partial charge in [-0.3, -0.25) is 0 Å². The van der Waals surface area contributed by atoms with Crippen molar-refractivity contribution in [2.24, 2.45) is 5.41 Å². The molecule has 0 spiro atoms. The molecular weight excluding hydrogens is 256 g/mol. The summed E-state index contributed by atoms with van der Waals surface area (Å²) in [6.45, 7) is 5.83. The van der Waals surface area contributed by atoms with E-state index in [0.29, 0.717) is 0 Å². The molecule has 0 aliphatic heterocycles. The fourth-order valence-electron chi connectivity index (χ4n) is 0. The third-order valence-electron chi connectivity index (χ3n) is 0.375. The summed E-state index contributed by atoms with van der Waals surface area (Å²) in [6, 6.07) is 0. The molecule has 7 heavy (non-hydrogen) atoms. The SMILES string of the molecule is [C-]#CC(C)(C)C.[W]. The molecule has 1 heteroatoms. The number of rotatable bonds is 0. The fourth-order valence-corrected chi connectivity index (χ4v) is 0. The second-order valence-corrected chi connectivity index (χ2v) is 2.38. The molecule has 0 nitrogen and oxygen atoms in total. The van der Waals surface area contributed by atoms with Crippen molar-refractivity contribution in [2.75, 3.05) is 0 Å². The quantitative estimate of drug-likeness (QED) is 0.461. The maximum Gasteiger partial charge on any atom is 0 e. The maximum atomic E-state index is 6.60. The minimum absolute atomic E-state index is 0. The predicted molar refractivity (Wildman–Crippen MR) is 26.6 cm³/mol. The zero-order valence-corrected chi connectivity index (χ0v) is 7.84. The Hall–Kier alpha value is 0.248. The van der Waals surface area contributed by atoms with Gasteiger partial charge in [0.1, 0.15) is 0 Å². The molecule has 0 radical (unpaired) electrons. The predicted octanol–water partition coefficient (Wildman–Crippen LogP) is 1.62. The van der Waals surface area contributed by atoms with E-state index in [1.165, 1.54) is 0 Å². The van der Waals surface area contributed by atoms with Gasteiger partial charge in [-0.05, 0) is 5.41 Å². The summed E-state index contributed by atoms with van der Waals surface area (Å²) in [5.74, 6) is 2.35. The molecule has 0 heterocycles. The van der Waals surface area contributed by atoms with Crippen LogP contribution in [0.1, 0.15) is 20.8 Å². The van der Waals surface area contributed by atoms with Gasteiger partial charge in [0.25, 0.3) is 0 Å². The first kappa shape index (κ1) is 10.3. The van der Waals surface area contributed by atoms with Crippen LogP contribution in [0.4, 0.5) is 0 Å². The van der Waals surface area contributed by atoms with E-state index in [9.17, 15) is 0 Å². The van der Waals surface area contributed by atoms with Gasteiger partial charge in [0.2, 0.25) is 0 Å². The first-order valence-electron chi connectivity index (χ1n) is 2.00. The molecule has 0 N–H and O–H groups in total. The topological polar surface area (TPSA) is 0 Å². The molecule has 0 aromatic heterocycles. The molecule has 40 valence electrons.